The van der Waals surface area contributed by atoms with Gasteiger partial charge in [-0.2, -0.15) is 18.3 Å². The number of carbonyl (C=O) groups excluding carboxylic acids is 1. The van der Waals surface area contributed by atoms with Crippen LogP contribution in [0.5, 0.6) is 5.75 Å². The first-order valence-corrected chi connectivity index (χ1v) is 10.1. The number of alkyl halides is 3. The Morgan fingerprint density at radius 2 is 1.97 bits per heavy atom. The Labute approximate surface area is 182 Å². The number of hydrogen-bond donors (Lipinski definition) is 2. The van der Waals surface area contributed by atoms with Crippen molar-refractivity contribution in [2.24, 2.45) is 5.92 Å². The van der Waals surface area contributed by atoms with Crippen molar-refractivity contribution in [2.45, 2.75) is 44.5 Å². The van der Waals surface area contributed by atoms with E-state index < -0.39 is 23.4 Å². The minimum atomic E-state index is -4.65. The number of aromatic nitrogens is 3. The molecule has 3 aromatic rings. The van der Waals surface area contributed by atoms with Crippen LogP contribution in [-0.4, -0.2) is 38.5 Å². The maximum atomic E-state index is 12.9. The number of amides is 1. The number of anilines is 1. The molecule has 1 aromatic carbocycles. The summed E-state index contributed by atoms with van der Waals surface area (Å²) in [5.41, 5.74) is -1.06. The average Bonchev–Trinajstić information content (AvgIpc) is 3.06. The molecule has 1 saturated carbocycles. The summed E-state index contributed by atoms with van der Waals surface area (Å²) >= 11 is 0. The Morgan fingerprint density at radius 3 is 2.59 bits per heavy atom. The summed E-state index contributed by atoms with van der Waals surface area (Å²) in [5, 5.41) is 18.1. The molecule has 0 radical (unpaired) electrons. The lowest BCUT2D eigenvalue weighted by Crippen LogP contribution is -2.41. The Bertz CT molecular complexity index is 1160. The second kappa shape index (κ2) is 7.77. The Hall–Kier alpha value is -3.14. The topological polar surface area (TPSA) is 89.3 Å². The van der Waals surface area contributed by atoms with Gasteiger partial charge < -0.3 is 15.2 Å². The molecule has 170 valence electrons. The summed E-state index contributed by atoms with van der Waals surface area (Å²) in [6.07, 6.45) is -0.234. The summed E-state index contributed by atoms with van der Waals surface area (Å²) < 4.78 is 45.9. The van der Waals surface area contributed by atoms with Crippen LogP contribution in [0.3, 0.4) is 0 Å². The second-order valence-electron chi connectivity index (χ2n) is 8.58. The third-order valence-electron chi connectivity index (χ3n) is 5.89. The number of pyridine rings is 1. The number of nitrogens with one attached hydrogen (secondary N) is 1. The number of fused-ring (bicyclic) bond motifs is 1. The van der Waals surface area contributed by atoms with E-state index in [1.54, 1.807) is 26.0 Å². The molecule has 1 fully saturated rings. The molecular weight excluding hydrogens is 425 g/mol. The van der Waals surface area contributed by atoms with E-state index >= 15 is 0 Å². The summed E-state index contributed by atoms with van der Waals surface area (Å²) in [6.45, 7) is 3.60. The molecule has 0 bridgehead atoms. The third kappa shape index (κ3) is 4.27. The van der Waals surface area contributed by atoms with Crippen LogP contribution in [0.1, 0.15) is 48.8 Å². The minimum absolute atomic E-state index is 0.167. The zero-order valence-corrected chi connectivity index (χ0v) is 17.8. The van der Waals surface area contributed by atoms with Crippen molar-refractivity contribution in [2.75, 3.05) is 12.4 Å². The van der Waals surface area contributed by atoms with Gasteiger partial charge in [-0.25, -0.2) is 0 Å². The molecule has 1 amide bonds. The third-order valence-corrected chi connectivity index (χ3v) is 5.89. The van der Waals surface area contributed by atoms with Gasteiger partial charge in [0.25, 0.3) is 5.91 Å². The number of benzene rings is 1. The normalized spacial score (nSPS) is 19.0. The van der Waals surface area contributed by atoms with Crippen molar-refractivity contribution in [3.8, 4) is 5.75 Å². The number of methoxy groups -OCH3 is 1. The van der Waals surface area contributed by atoms with Crippen LogP contribution in [0, 0.1) is 5.92 Å². The van der Waals surface area contributed by atoms with Crippen LogP contribution in [0.4, 0.5) is 18.9 Å². The molecule has 1 aliphatic rings. The molecule has 2 heterocycles. The van der Waals surface area contributed by atoms with Crippen LogP contribution in [0.15, 0.2) is 36.7 Å². The Kier molecular flexibility index (Phi) is 5.36. The SMILES string of the molecule is COc1cc2nn([C@H]3C[C@H](C(C)(C)O)C3)cc2cc1NC(=O)c1ccnc(C(F)(F)F)c1. The fourth-order valence-corrected chi connectivity index (χ4v) is 3.83. The lowest BCUT2D eigenvalue weighted by Gasteiger charge is -2.42. The maximum absolute atomic E-state index is 12.9. The summed E-state index contributed by atoms with van der Waals surface area (Å²) in [6, 6.07) is 5.42. The number of ether oxygens (including phenoxy) is 1. The highest BCUT2D eigenvalue weighted by Crippen LogP contribution is 2.44. The smallest absolute Gasteiger partial charge is 0.433 e. The highest BCUT2D eigenvalue weighted by Gasteiger charge is 2.40. The van der Waals surface area contributed by atoms with Gasteiger partial charge in [-0.1, -0.05) is 0 Å². The molecule has 32 heavy (non-hydrogen) atoms. The number of carbonyl (C=O) groups is 1. The molecule has 0 spiro atoms. The molecule has 4 rings (SSSR count). The van der Waals surface area contributed by atoms with Gasteiger partial charge in [0.1, 0.15) is 11.4 Å². The lowest BCUT2D eigenvalue weighted by molar-refractivity contribution is -0.141. The molecule has 2 N–H and O–H groups in total. The molecule has 7 nitrogen and oxygen atoms in total. The van der Waals surface area contributed by atoms with Crippen LogP contribution in [0.25, 0.3) is 10.9 Å². The first kappa shape index (κ1) is 22.1. The van der Waals surface area contributed by atoms with E-state index in [4.69, 9.17) is 4.74 Å². The van der Waals surface area contributed by atoms with Gasteiger partial charge >= 0.3 is 6.18 Å². The van der Waals surface area contributed by atoms with Crippen molar-refractivity contribution >= 4 is 22.5 Å². The van der Waals surface area contributed by atoms with Gasteiger partial charge in [0, 0.05) is 29.4 Å². The number of hydrogen-bond acceptors (Lipinski definition) is 5. The van der Waals surface area contributed by atoms with E-state index in [9.17, 15) is 23.1 Å². The second-order valence-corrected chi connectivity index (χ2v) is 8.58. The quantitative estimate of drug-likeness (QED) is 0.603. The predicted octanol–water partition coefficient (Wildman–Crippen LogP) is 4.43. The Morgan fingerprint density at radius 1 is 1.25 bits per heavy atom. The van der Waals surface area contributed by atoms with E-state index in [0.717, 1.165) is 24.4 Å². The highest BCUT2D eigenvalue weighted by molar-refractivity contribution is 6.06. The van der Waals surface area contributed by atoms with Crippen LogP contribution >= 0.6 is 0 Å². The molecule has 0 saturated heterocycles. The largest absolute Gasteiger partial charge is 0.494 e. The summed E-state index contributed by atoms with van der Waals surface area (Å²) in [5.74, 6) is -0.176. The molecule has 0 aliphatic heterocycles. The van der Waals surface area contributed by atoms with E-state index in [-0.39, 0.29) is 17.5 Å². The number of rotatable bonds is 5. The van der Waals surface area contributed by atoms with E-state index in [1.807, 2.05) is 10.9 Å². The van der Waals surface area contributed by atoms with Crippen LogP contribution < -0.4 is 10.1 Å². The number of nitrogens with zero attached hydrogens (tertiary/aromatic N) is 3. The maximum Gasteiger partial charge on any atom is 0.433 e. The first-order valence-electron chi connectivity index (χ1n) is 10.1. The van der Waals surface area contributed by atoms with Crippen LogP contribution in [-0.2, 0) is 6.18 Å². The van der Waals surface area contributed by atoms with Crippen molar-refractivity contribution in [1.29, 1.82) is 0 Å². The van der Waals surface area contributed by atoms with Crippen molar-refractivity contribution in [3.05, 3.63) is 47.9 Å². The zero-order valence-electron chi connectivity index (χ0n) is 17.8. The molecule has 2 aromatic heterocycles. The standard InChI is InChI=1S/C22H23F3N4O3/c1-21(2,31)14-8-15(9-14)29-11-13-6-17(18(32-3)10-16(13)28-29)27-20(30)12-4-5-26-19(7-12)22(23,24)25/h4-7,10-11,14-15,31H,8-9H2,1-3H3,(H,27,30)/t14-,15-. The average molecular weight is 448 g/mol. The van der Waals surface area contributed by atoms with Crippen molar-refractivity contribution < 1.29 is 27.8 Å². The molecule has 0 unspecified atom stereocenters. The van der Waals surface area contributed by atoms with Gasteiger partial charge in [0.05, 0.1) is 30.0 Å². The lowest BCUT2D eigenvalue weighted by atomic mass is 9.71. The minimum Gasteiger partial charge on any atom is -0.494 e. The van der Waals surface area contributed by atoms with E-state index in [1.165, 1.54) is 13.2 Å². The summed E-state index contributed by atoms with van der Waals surface area (Å²) in [4.78, 5) is 15.9. The molecule has 10 heteroatoms. The number of aliphatic hydroxyl groups is 1. The van der Waals surface area contributed by atoms with Gasteiger partial charge in [0.2, 0.25) is 0 Å². The molecular formula is C22H23F3N4O3. The van der Waals surface area contributed by atoms with Crippen LogP contribution in [0.2, 0.25) is 0 Å². The fraction of sp³-hybridized carbons (Fsp3) is 0.409. The predicted molar refractivity (Wildman–Crippen MR) is 112 cm³/mol. The van der Waals surface area contributed by atoms with E-state index in [2.05, 4.69) is 15.4 Å². The number of halogens is 3. The summed E-state index contributed by atoms with van der Waals surface area (Å²) in [7, 11) is 1.43. The van der Waals surface area contributed by atoms with Gasteiger partial charge in [-0.3, -0.25) is 14.5 Å². The zero-order chi connectivity index (χ0) is 23.3. The van der Waals surface area contributed by atoms with Crippen molar-refractivity contribution in [1.82, 2.24) is 14.8 Å². The van der Waals surface area contributed by atoms with Gasteiger partial charge in [0.15, 0.2) is 0 Å². The monoisotopic (exact) mass is 448 g/mol. The molecule has 0 atom stereocenters. The highest BCUT2D eigenvalue weighted by atomic mass is 19.4. The van der Waals surface area contributed by atoms with Gasteiger partial charge in [-0.05, 0) is 50.8 Å². The van der Waals surface area contributed by atoms with Gasteiger partial charge in [-0.15, -0.1) is 0 Å². The fourth-order valence-electron chi connectivity index (χ4n) is 3.83. The first-order chi connectivity index (χ1) is 15.0. The van der Waals surface area contributed by atoms with Crippen molar-refractivity contribution in [3.63, 3.8) is 0 Å². The molecule has 1 aliphatic carbocycles. The van der Waals surface area contributed by atoms with E-state index in [0.29, 0.717) is 23.0 Å². The Balaban J connectivity index is 1.57.